The van der Waals surface area contributed by atoms with E-state index in [2.05, 4.69) is 33.8 Å². The highest BCUT2D eigenvalue weighted by Gasteiger charge is 2.33. The van der Waals surface area contributed by atoms with Crippen molar-refractivity contribution in [3.05, 3.63) is 58.7 Å². The topological polar surface area (TPSA) is 34.1 Å². The average molecular weight is 292 g/mol. The minimum Gasteiger partial charge on any atom is -0.285 e. The molecular weight excluding hydrogens is 272 g/mol. The highest BCUT2D eigenvalue weighted by molar-refractivity contribution is 6.53. The summed E-state index contributed by atoms with van der Waals surface area (Å²) in [6.45, 7) is 8.41. The van der Waals surface area contributed by atoms with Crippen molar-refractivity contribution >= 4 is 11.6 Å². The van der Waals surface area contributed by atoms with E-state index in [9.17, 15) is 9.59 Å². The van der Waals surface area contributed by atoms with Gasteiger partial charge in [-0.2, -0.15) is 0 Å². The maximum Gasteiger partial charge on any atom is 0.234 e. The van der Waals surface area contributed by atoms with Crippen LogP contribution in [-0.2, 0) is 0 Å². The molecule has 2 heteroatoms. The third-order valence-corrected chi connectivity index (χ3v) is 4.37. The van der Waals surface area contributed by atoms with Crippen LogP contribution in [0.15, 0.2) is 36.4 Å². The zero-order chi connectivity index (χ0) is 16.0. The van der Waals surface area contributed by atoms with E-state index in [1.807, 2.05) is 18.2 Å². The second-order valence-electron chi connectivity index (χ2n) is 6.50. The molecule has 0 N–H and O–H groups in total. The average Bonchev–Trinajstić information content (AvgIpc) is 2.51. The molecule has 22 heavy (non-hydrogen) atoms. The van der Waals surface area contributed by atoms with Crippen LogP contribution in [0.5, 0.6) is 0 Å². The van der Waals surface area contributed by atoms with Gasteiger partial charge in [0.05, 0.1) is 0 Å². The van der Waals surface area contributed by atoms with E-state index >= 15 is 0 Å². The van der Waals surface area contributed by atoms with Crippen LogP contribution in [0.1, 0.15) is 71.4 Å². The molecule has 0 saturated heterocycles. The first-order chi connectivity index (χ1) is 10.4. The van der Waals surface area contributed by atoms with Gasteiger partial charge in [0.2, 0.25) is 11.6 Å². The lowest BCUT2D eigenvalue weighted by Crippen LogP contribution is -2.24. The van der Waals surface area contributed by atoms with Crippen molar-refractivity contribution in [2.24, 2.45) is 0 Å². The van der Waals surface area contributed by atoms with E-state index in [0.717, 1.165) is 22.3 Å². The molecule has 0 aliphatic heterocycles. The van der Waals surface area contributed by atoms with Gasteiger partial charge in [0.25, 0.3) is 0 Å². The van der Waals surface area contributed by atoms with Crippen molar-refractivity contribution in [2.45, 2.75) is 39.5 Å². The Hall–Kier alpha value is -2.22. The Kier molecular flexibility index (Phi) is 3.48. The van der Waals surface area contributed by atoms with E-state index in [1.165, 1.54) is 0 Å². The molecule has 1 aliphatic rings. The molecule has 0 radical (unpaired) electrons. The SMILES string of the molecule is CC(C)c1ccc2c(c1C(C)C)C(=O)C(=O)c1ccccc1-2. The second kappa shape index (κ2) is 5.20. The van der Waals surface area contributed by atoms with Gasteiger partial charge in [-0.25, -0.2) is 0 Å². The van der Waals surface area contributed by atoms with E-state index in [4.69, 9.17) is 0 Å². The summed E-state index contributed by atoms with van der Waals surface area (Å²) in [6.07, 6.45) is 0. The van der Waals surface area contributed by atoms with Gasteiger partial charge in [0.1, 0.15) is 0 Å². The molecule has 0 unspecified atom stereocenters. The fraction of sp³-hybridized carbons (Fsp3) is 0.300. The van der Waals surface area contributed by atoms with Gasteiger partial charge in [0, 0.05) is 11.1 Å². The maximum atomic E-state index is 12.7. The van der Waals surface area contributed by atoms with Crippen LogP contribution in [0.3, 0.4) is 0 Å². The summed E-state index contributed by atoms with van der Waals surface area (Å²) in [5, 5.41) is 0. The summed E-state index contributed by atoms with van der Waals surface area (Å²) in [6, 6.07) is 11.5. The normalized spacial score (nSPS) is 13.5. The van der Waals surface area contributed by atoms with Crippen LogP contribution >= 0.6 is 0 Å². The third kappa shape index (κ3) is 2.02. The first-order valence-corrected chi connectivity index (χ1v) is 7.78. The predicted octanol–water partition coefficient (Wildman–Crippen LogP) is 4.98. The highest BCUT2D eigenvalue weighted by atomic mass is 16.2. The number of carbonyl (C=O) groups excluding carboxylic acids is 2. The monoisotopic (exact) mass is 292 g/mol. The first kappa shape index (κ1) is 14.7. The highest BCUT2D eigenvalue weighted by Crippen LogP contribution is 2.40. The number of ketones is 2. The fourth-order valence-electron chi connectivity index (χ4n) is 3.38. The lowest BCUT2D eigenvalue weighted by atomic mass is 9.76. The molecule has 3 rings (SSSR count). The van der Waals surface area contributed by atoms with E-state index in [1.54, 1.807) is 12.1 Å². The molecule has 0 atom stereocenters. The number of hydrogen-bond acceptors (Lipinski definition) is 2. The summed E-state index contributed by atoms with van der Waals surface area (Å²) >= 11 is 0. The number of fused-ring (bicyclic) bond motifs is 3. The quantitative estimate of drug-likeness (QED) is 0.732. The second-order valence-corrected chi connectivity index (χ2v) is 6.50. The van der Waals surface area contributed by atoms with Gasteiger partial charge in [-0.3, -0.25) is 9.59 Å². The Bertz CT molecular complexity index is 782. The Morgan fingerprint density at radius 2 is 1.32 bits per heavy atom. The molecular formula is C20H20O2. The van der Waals surface area contributed by atoms with Gasteiger partial charge < -0.3 is 0 Å². The lowest BCUT2D eigenvalue weighted by Gasteiger charge is -2.25. The molecule has 112 valence electrons. The van der Waals surface area contributed by atoms with E-state index in [-0.39, 0.29) is 17.5 Å². The minimum atomic E-state index is -0.383. The molecule has 2 aromatic rings. The van der Waals surface area contributed by atoms with Crippen LogP contribution in [0, 0.1) is 0 Å². The zero-order valence-electron chi connectivity index (χ0n) is 13.4. The number of Topliss-reactive ketones (excluding diaryl/α,β-unsaturated/α-hetero) is 2. The summed E-state index contributed by atoms with van der Waals surface area (Å²) in [5.74, 6) is -0.219. The summed E-state index contributed by atoms with van der Waals surface area (Å²) in [4.78, 5) is 25.2. The van der Waals surface area contributed by atoms with Crippen molar-refractivity contribution in [3.8, 4) is 11.1 Å². The van der Waals surface area contributed by atoms with Gasteiger partial charge in [-0.05, 0) is 34.1 Å². The van der Waals surface area contributed by atoms with Gasteiger partial charge >= 0.3 is 0 Å². The number of carbonyl (C=O) groups is 2. The van der Waals surface area contributed by atoms with Crippen LogP contribution in [0.2, 0.25) is 0 Å². The fourth-order valence-corrected chi connectivity index (χ4v) is 3.38. The Labute approximate surface area is 131 Å². The molecule has 2 aromatic carbocycles. The van der Waals surface area contributed by atoms with Crippen LogP contribution in [-0.4, -0.2) is 11.6 Å². The molecule has 0 spiro atoms. The van der Waals surface area contributed by atoms with Gasteiger partial charge in [-0.15, -0.1) is 0 Å². The lowest BCUT2D eigenvalue weighted by molar-refractivity contribution is 0.0814. The van der Waals surface area contributed by atoms with Crippen LogP contribution in [0.25, 0.3) is 11.1 Å². The zero-order valence-corrected chi connectivity index (χ0v) is 13.4. The number of benzene rings is 2. The molecule has 0 fully saturated rings. The Balaban J connectivity index is 2.41. The first-order valence-electron chi connectivity index (χ1n) is 7.78. The molecule has 0 amide bonds. The smallest absolute Gasteiger partial charge is 0.234 e. The van der Waals surface area contributed by atoms with Crippen molar-refractivity contribution < 1.29 is 9.59 Å². The van der Waals surface area contributed by atoms with E-state index in [0.29, 0.717) is 17.0 Å². The number of hydrogen-bond donors (Lipinski definition) is 0. The van der Waals surface area contributed by atoms with Crippen molar-refractivity contribution in [1.29, 1.82) is 0 Å². The molecule has 2 nitrogen and oxygen atoms in total. The van der Waals surface area contributed by atoms with E-state index < -0.39 is 0 Å². The van der Waals surface area contributed by atoms with Gasteiger partial charge in [0.15, 0.2) is 0 Å². The van der Waals surface area contributed by atoms with Gasteiger partial charge in [-0.1, -0.05) is 64.1 Å². The van der Waals surface area contributed by atoms with Crippen molar-refractivity contribution in [3.63, 3.8) is 0 Å². The van der Waals surface area contributed by atoms with Crippen LogP contribution in [0.4, 0.5) is 0 Å². The Morgan fingerprint density at radius 1 is 0.682 bits per heavy atom. The van der Waals surface area contributed by atoms with Crippen molar-refractivity contribution in [1.82, 2.24) is 0 Å². The maximum absolute atomic E-state index is 12.7. The summed E-state index contributed by atoms with van der Waals surface area (Å²) < 4.78 is 0. The minimum absolute atomic E-state index is 0.203. The molecule has 0 aromatic heterocycles. The predicted molar refractivity (Wildman–Crippen MR) is 88.7 cm³/mol. The molecule has 0 heterocycles. The van der Waals surface area contributed by atoms with Crippen LogP contribution < -0.4 is 0 Å². The number of rotatable bonds is 2. The largest absolute Gasteiger partial charge is 0.285 e. The molecule has 0 bridgehead atoms. The summed E-state index contributed by atoms with van der Waals surface area (Å²) in [7, 11) is 0. The van der Waals surface area contributed by atoms with Crippen molar-refractivity contribution in [2.75, 3.05) is 0 Å². The summed E-state index contributed by atoms with van der Waals surface area (Å²) in [5.41, 5.74) is 5.10. The third-order valence-electron chi connectivity index (χ3n) is 4.37. The standard InChI is InChI=1S/C20H20O2/c1-11(2)13-9-10-15-14-7-5-6-8-16(14)19(21)20(22)18(15)17(13)12(3)4/h5-12H,1-4H3. The molecule has 0 saturated carbocycles. The Morgan fingerprint density at radius 3 is 1.91 bits per heavy atom. The molecule has 1 aliphatic carbocycles.